The minimum Gasteiger partial charge on any atom is -0.294 e. The number of rotatable bonds is 0. The highest BCUT2D eigenvalue weighted by atomic mass is 79.9. The van der Waals surface area contributed by atoms with Crippen molar-refractivity contribution in [3.63, 3.8) is 0 Å². The highest BCUT2D eigenvalue weighted by Gasteiger charge is 2.19. The zero-order chi connectivity index (χ0) is 9.42. The van der Waals surface area contributed by atoms with Crippen LogP contribution in [0.5, 0.6) is 0 Å². The predicted molar refractivity (Wildman–Crippen MR) is 59.1 cm³/mol. The second-order valence-corrected chi connectivity index (χ2v) is 4.96. The van der Waals surface area contributed by atoms with Crippen molar-refractivity contribution >= 4 is 37.6 Å². The molecule has 0 amide bonds. The van der Waals surface area contributed by atoms with Gasteiger partial charge in [-0.15, -0.1) is 0 Å². The summed E-state index contributed by atoms with van der Waals surface area (Å²) in [7, 11) is 0. The Morgan fingerprint density at radius 3 is 2.69 bits per heavy atom. The van der Waals surface area contributed by atoms with Crippen LogP contribution in [-0.4, -0.2) is 5.78 Å². The van der Waals surface area contributed by atoms with E-state index in [0.29, 0.717) is 6.42 Å². The quantitative estimate of drug-likeness (QED) is 0.714. The minimum atomic E-state index is 0.267. The Morgan fingerprint density at radius 2 is 1.92 bits per heavy atom. The second-order valence-electron chi connectivity index (χ2n) is 3.19. The summed E-state index contributed by atoms with van der Waals surface area (Å²) in [5.41, 5.74) is 2.05. The molecule has 3 heteroatoms. The Bertz CT molecular complexity index is 371. The van der Waals surface area contributed by atoms with Gasteiger partial charge in [0.25, 0.3) is 0 Å². The number of carbonyl (C=O) groups excluding carboxylic acids is 1. The number of hydrogen-bond donors (Lipinski definition) is 0. The maximum atomic E-state index is 11.5. The molecule has 1 nitrogen and oxygen atoms in total. The molecular weight excluding hydrogens is 296 g/mol. The molecule has 0 bridgehead atoms. The van der Waals surface area contributed by atoms with E-state index in [4.69, 9.17) is 0 Å². The van der Waals surface area contributed by atoms with Crippen LogP contribution < -0.4 is 0 Å². The van der Waals surface area contributed by atoms with Crippen LogP contribution in [0.3, 0.4) is 0 Å². The summed E-state index contributed by atoms with van der Waals surface area (Å²) in [5.74, 6) is 0.267. The molecule has 13 heavy (non-hydrogen) atoms. The second kappa shape index (κ2) is 3.54. The predicted octanol–water partition coefficient (Wildman–Crippen LogP) is 3.73. The van der Waals surface area contributed by atoms with E-state index < -0.39 is 0 Å². The van der Waals surface area contributed by atoms with Gasteiger partial charge in [0.05, 0.1) is 0 Å². The van der Waals surface area contributed by atoms with Gasteiger partial charge in [-0.1, -0.05) is 31.9 Å². The van der Waals surface area contributed by atoms with Crippen LogP contribution in [0.25, 0.3) is 0 Å². The van der Waals surface area contributed by atoms with E-state index in [-0.39, 0.29) is 5.78 Å². The van der Waals surface area contributed by atoms with E-state index in [2.05, 4.69) is 31.9 Å². The summed E-state index contributed by atoms with van der Waals surface area (Å²) in [6.45, 7) is 0. The topological polar surface area (TPSA) is 17.1 Å². The first-order chi connectivity index (χ1) is 6.18. The van der Waals surface area contributed by atoms with E-state index >= 15 is 0 Å². The molecule has 0 spiro atoms. The van der Waals surface area contributed by atoms with Crippen LogP contribution >= 0.6 is 31.9 Å². The van der Waals surface area contributed by atoms with E-state index in [1.807, 2.05) is 12.1 Å². The highest BCUT2D eigenvalue weighted by molar-refractivity contribution is 9.11. The van der Waals surface area contributed by atoms with Gasteiger partial charge in [0.1, 0.15) is 0 Å². The molecule has 0 fully saturated rings. The van der Waals surface area contributed by atoms with E-state index in [0.717, 1.165) is 27.4 Å². The first-order valence-electron chi connectivity index (χ1n) is 4.19. The lowest BCUT2D eigenvalue weighted by molar-refractivity contribution is 0.0972. The van der Waals surface area contributed by atoms with Crippen molar-refractivity contribution in [3.8, 4) is 0 Å². The van der Waals surface area contributed by atoms with Crippen molar-refractivity contribution in [2.24, 2.45) is 0 Å². The maximum Gasteiger partial charge on any atom is 0.163 e. The van der Waals surface area contributed by atoms with E-state index in [9.17, 15) is 4.79 Å². The summed E-state index contributed by atoms with van der Waals surface area (Å²) in [6.07, 6.45) is 2.68. The fourth-order valence-corrected chi connectivity index (χ4v) is 3.09. The Hall–Kier alpha value is -0.150. The molecule has 0 N–H and O–H groups in total. The van der Waals surface area contributed by atoms with E-state index in [1.165, 1.54) is 5.56 Å². The maximum absolute atomic E-state index is 11.5. The molecule has 68 valence electrons. The summed E-state index contributed by atoms with van der Waals surface area (Å²) < 4.78 is 2.01. The number of Topliss-reactive ketones (excluding diaryl/α,β-unsaturated/α-hetero) is 1. The molecule has 0 aromatic heterocycles. The van der Waals surface area contributed by atoms with E-state index in [1.54, 1.807) is 0 Å². The van der Waals surface area contributed by atoms with Crippen molar-refractivity contribution in [2.75, 3.05) is 0 Å². The lowest BCUT2D eigenvalue weighted by Crippen LogP contribution is -2.11. The molecule has 1 aliphatic rings. The molecule has 0 saturated carbocycles. The molecular formula is C10H8Br2O. The molecule has 1 aromatic rings. The average Bonchev–Trinajstić information content (AvgIpc) is 2.07. The van der Waals surface area contributed by atoms with Crippen LogP contribution in [0.15, 0.2) is 21.1 Å². The Labute approximate surface area is 93.8 Å². The van der Waals surface area contributed by atoms with Gasteiger partial charge in [-0.3, -0.25) is 4.79 Å². The summed E-state index contributed by atoms with van der Waals surface area (Å²) in [6, 6.07) is 3.92. The van der Waals surface area contributed by atoms with Gasteiger partial charge in [0.15, 0.2) is 5.78 Å². The molecule has 0 radical (unpaired) electrons. The number of ketones is 1. The number of carbonyl (C=O) groups is 1. The van der Waals surface area contributed by atoms with Gasteiger partial charge in [0.2, 0.25) is 0 Å². The molecule has 0 saturated heterocycles. The highest BCUT2D eigenvalue weighted by Crippen LogP contribution is 2.31. The summed E-state index contributed by atoms with van der Waals surface area (Å²) in [5, 5.41) is 0. The number of benzene rings is 1. The van der Waals surface area contributed by atoms with Crippen LogP contribution in [0.2, 0.25) is 0 Å². The largest absolute Gasteiger partial charge is 0.294 e. The third-order valence-corrected chi connectivity index (χ3v) is 3.46. The van der Waals surface area contributed by atoms with Crippen molar-refractivity contribution in [2.45, 2.75) is 19.3 Å². The third kappa shape index (κ3) is 1.72. The molecule has 1 aromatic carbocycles. The number of hydrogen-bond acceptors (Lipinski definition) is 1. The summed E-state index contributed by atoms with van der Waals surface area (Å²) in [4.78, 5) is 11.5. The molecule has 0 unspecified atom stereocenters. The van der Waals surface area contributed by atoms with Gasteiger partial charge < -0.3 is 0 Å². The van der Waals surface area contributed by atoms with Crippen molar-refractivity contribution in [1.29, 1.82) is 0 Å². The standard InChI is InChI=1S/C10H8Br2O/c11-6-4-8-7(9(12)5-6)2-1-3-10(8)13/h4-5H,1-3H2. The monoisotopic (exact) mass is 302 g/mol. The normalized spacial score (nSPS) is 15.7. The summed E-state index contributed by atoms with van der Waals surface area (Å²) >= 11 is 6.86. The lowest BCUT2D eigenvalue weighted by atomic mass is 9.91. The fourth-order valence-electron chi connectivity index (χ4n) is 1.67. The number of fused-ring (bicyclic) bond motifs is 1. The zero-order valence-corrected chi connectivity index (χ0v) is 10.1. The Morgan fingerprint density at radius 1 is 1.15 bits per heavy atom. The lowest BCUT2D eigenvalue weighted by Gasteiger charge is -2.16. The molecule has 0 atom stereocenters. The Balaban J connectivity index is 2.63. The first kappa shape index (κ1) is 9.41. The van der Waals surface area contributed by atoms with Gasteiger partial charge in [-0.25, -0.2) is 0 Å². The Kier molecular flexibility index (Phi) is 2.56. The molecule has 1 aliphatic carbocycles. The third-order valence-electron chi connectivity index (χ3n) is 2.29. The van der Waals surface area contributed by atoms with Crippen LogP contribution in [0.1, 0.15) is 28.8 Å². The number of halogens is 2. The van der Waals surface area contributed by atoms with Crippen LogP contribution in [0, 0.1) is 0 Å². The molecule has 0 heterocycles. The van der Waals surface area contributed by atoms with Gasteiger partial charge in [-0.05, 0) is 30.5 Å². The smallest absolute Gasteiger partial charge is 0.163 e. The SMILES string of the molecule is O=C1CCCc2c(Br)cc(Br)cc21. The zero-order valence-electron chi connectivity index (χ0n) is 6.94. The van der Waals surface area contributed by atoms with Crippen LogP contribution in [-0.2, 0) is 6.42 Å². The minimum absolute atomic E-state index is 0.267. The average molecular weight is 304 g/mol. The van der Waals surface area contributed by atoms with Gasteiger partial charge in [-0.2, -0.15) is 0 Å². The van der Waals surface area contributed by atoms with Crippen LogP contribution in [0.4, 0.5) is 0 Å². The van der Waals surface area contributed by atoms with Crippen molar-refractivity contribution < 1.29 is 4.79 Å². The van der Waals surface area contributed by atoms with Crippen molar-refractivity contribution in [1.82, 2.24) is 0 Å². The molecule has 2 rings (SSSR count). The molecule has 0 aliphatic heterocycles. The van der Waals surface area contributed by atoms with Gasteiger partial charge >= 0.3 is 0 Å². The fraction of sp³-hybridized carbons (Fsp3) is 0.300. The van der Waals surface area contributed by atoms with Crippen molar-refractivity contribution in [3.05, 3.63) is 32.2 Å². The first-order valence-corrected chi connectivity index (χ1v) is 5.78. The van der Waals surface area contributed by atoms with Gasteiger partial charge in [0, 0.05) is 20.9 Å².